The van der Waals surface area contributed by atoms with Crippen molar-refractivity contribution in [2.45, 2.75) is 51.7 Å². The zero-order valence-corrected chi connectivity index (χ0v) is 14.6. The van der Waals surface area contributed by atoms with Crippen molar-refractivity contribution < 1.29 is 18.9 Å². The number of aryl methyl sites for hydroxylation is 2. The van der Waals surface area contributed by atoms with E-state index >= 15 is 0 Å². The lowest BCUT2D eigenvalue weighted by Crippen LogP contribution is -2.39. The number of nitro groups is 1. The lowest BCUT2D eigenvalue weighted by atomic mass is 9.93. The molecule has 9 nitrogen and oxygen atoms in total. The highest BCUT2D eigenvalue weighted by molar-refractivity contribution is 5.91. The molecule has 2 heterocycles. The van der Waals surface area contributed by atoms with Crippen LogP contribution in [0.5, 0.6) is 6.01 Å². The Morgan fingerprint density at radius 1 is 1.23 bits per heavy atom. The van der Waals surface area contributed by atoms with Gasteiger partial charge in [0, 0.05) is 17.4 Å². The Balaban J connectivity index is 1.50. The first-order valence-electron chi connectivity index (χ1n) is 8.45. The van der Waals surface area contributed by atoms with Gasteiger partial charge in [0.05, 0.1) is 6.07 Å². The molecule has 1 amide bonds. The van der Waals surface area contributed by atoms with Crippen LogP contribution in [0.4, 0.5) is 5.88 Å². The van der Waals surface area contributed by atoms with Gasteiger partial charge >= 0.3 is 11.9 Å². The van der Waals surface area contributed by atoms with Crippen molar-refractivity contribution in [3.63, 3.8) is 0 Å². The molecule has 3 rings (SSSR count). The third-order valence-corrected chi connectivity index (χ3v) is 4.24. The van der Waals surface area contributed by atoms with Crippen molar-refractivity contribution in [1.29, 1.82) is 0 Å². The van der Waals surface area contributed by atoms with Gasteiger partial charge in [0.25, 0.3) is 5.91 Å². The smallest absolute Gasteiger partial charge is 0.433 e. The highest BCUT2D eigenvalue weighted by Crippen LogP contribution is 2.23. The van der Waals surface area contributed by atoms with Crippen LogP contribution in [-0.4, -0.2) is 32.9 Å². The summed E-state index contributed by atoms with van der Waals surface area (Å²) in [5.74, 6) is -0.945. The lowest BCUT2D eigenvalue weighted by molar-refractivity contribution is -0.402. The molecule has 1 N–H and O–H groups in total. The molecule has 1 fully saturated rings. The Kier molecular flexibility index (Phi) is 5.15. The summed E-state index contributed by atoms with van der Waals surface area (Å²) < 4.78 is 10.8. The predicted molar refractivity (Wildman–Crippen MR) is 91.0 cm³/mol. The standard InChI is InChI=1S/C17H20N4O5/c1-10-9-11(2)19-17(18-10)25-13-5-3-12(4-6-13)20-16(22)14-7-8-15(26-14)21(23)24/h7-9,12-13H,3-6H2,1-2H3,(H,20,22). The van der Waals surface area contributed by atoms with Crippen LogP contribution in [0.15, 0.2) is 22.6 Å². The summed E-state index contributed by atoms with van der Waals surface area (Å²) in [4.78, 5) is 30.6. The first kappa shape index (κ1) is 17.8. The van der Waals surface area contributed by atoms with Gasteiger partial charge in [0.1, 0.15) is 11.0 Å². The molecular weight excluding hydrogens is 340 g/mol. The highest BCUT2D eigenvalue weighted by atomic mass is 16.6. The van der Waals surface area contributed by atoms with Gasteiger partial charge in [0.15, 0.2) is 5.76 Å². The molecule has 9 heteroatoms. The van der Waals surface area contributed by atoms with Crippen LogP contribution in [0, 0.1) is 24.0 Å². The maximum Gasteiger partial charge on any atom is 0.433 e. The van der Waals surface area contributed by atoms with E-state index in [2.05, 4.69) is 15.3 Å². The van der Waals surface area contributed by atoms with Crippen LogP contribution >= 0.6 is 0 Å². The van der Waals surface area contributed by atoms with Gasteiger partial charge in [-0.3, -0.25) is 14.9 Å². The predicted octanol–water partition coefficient (Wildman–Crippen LogP) is 2.71. The number of amides is 1. The van der Waals surface area contributed by atoms with Crippen LogP contribution in [0.3, 0.4) is 0 Å². The molecule has 1 saturated carbocycles. The van der Waals surface area contributed by atoms with Crippen LogP contribution < -0.4 is 10.1 Å². The van der Waals surface area contributed by atoms with Crippen molar-refractivity contribution in [3.05, 3.63) is 45.5 Å². The number of carbonyl (C=O) groups is 1. The van der Waals surface area contributed by atoms with Gasteiger partial charge in [-0.25, -0.2) is 9.97 Å². The normalized spacial score (nSPS) is 19.8. The summed E-state index contributed by atoms with van der Waals surface area (Å²) >= 11 is 0. The Morgan fingerprint density at radius 2 is 1.88 bits per heavy atom. The number of hydrogen-bond acceptors (Lipinski definition) is 7. The zero-order chi connectivity index (χ0) is 18.7. The quantitative estimate of drug-likeness (QED) is 0.643. The fraction of sp³-hybridized carbons (Fsp3) is 0.471. The van der Waals surface area contributed by atoms with Crippen LogP contribution in [0.2, 0.25) is 0 Å². The molecule has 138 valence electrons. The number of aromatic nitrogens is 2. The minimum absolute atomic E-state index is 0.00838. The SMILES string of the molecule is Cc1cc(C)nc(OC2CCC(NC(=O)c3ccc([N+](=O)[O-])o3)CC2)n1. The van der Waals surface area contributed by atoms with E-state index in [0.717, 1.165) is 37.1 Å². The fourth-order valence-corrected chi connectivity index (χ4v) is 3.02. The monoisotopic (exact) mass is 360 g/mol. The van der Waals surface area contributed by atoms with Gasteiger partial charge in [-0.2, -0.15) is 0 Å². The summed E-state index contributed by atoms with van der Waals surface area (Å²) in [7, 11) is 0. The number of rotatable bonds is 5. The van der Waals surface area contributed by atoms with E-state index < -0.39 is 16.7 Å². The molecule has 0 bridgehead atoms. The zero-order valence-electron chi connectivity index (χ0n) is 14.6. The van der Waals surface area contributed by atoms with Gasteiger partial charge in [-0.15, -0.1) is 0 Å². The second-order valence-corrected chi connectivity index (χ2v) is 6.39. The number of furan rings is 1. The van der Waals surface area contributed by atoms with Gasteiger partial charge in [0.2, 0.25) is 0 Å². The number of nitrogens with zero attached hydrogens (tertiary/aromatic N) is 3. The largest absolute Gasteiger partial charge is 0.460 e. The van der Waals surface area contributed by atoms with Crippen LogP contribution in [0.25, 0.3) is 0 Å². The molecule has 26 heavy (non-hydrogen) atoms. The molecular formula is C17H20N4O5. The molecule has 0 spiro atoms. The second kappa shape index (κ2) is 7.51. The van der Waals surface area contributed by atoms with Crippen molar-refractivity contribution in [2.24, 2.45) is 0 Å². The summed E-state index contributed by atoms with van der Waals surface area (Å²) in [5, 5.41) is 13.5. The van der Waals surface area contributed by atoms with E-state index in [1.807, 2.05) is 19.9 Å². The van der Waals surface area contributed by atoms with Crippen molar-refractivity contribution in [3.8, 4) is 6.01 Å². The third-order valence-electron chi connectivity index (χ3n) is 4.24. The van der Waals surface area contributed by atoms with Crippen LogP contribution in [0.1, 0.15) is 47.6 Å². The van der Waals surface area contributed by atoms with E-state index in [0.29, 0.717) is 6.01 Å². The molecule has 2 aromatic rings. The third kappa shape index (κ3) is 4.35. The molecule has 1 aliphatic rings. The second-order valence-electron chi connectivity index (χ2n) is 6.39. The molecule has 0 aliphatic heterocycles. The van der Waals surface area contributed by atoms with Crippen molar-refractivity contribution in [1.82, 2.24) is 15.3 Å². The average molecular weight is 360 g/mol. The highest BCUT2D eigenvalue weighted by Gasteiger charge is 2.26. The maximum atomic E-state index is 12.1. The number of nitrogens with one attached hydrogen (secondary N) is 1. The van der Waals surface area contributed by atoms with Crippen molar-refractivity contribution >= 4 is 11.8 Å². The van der Waals surface area contributed by atoms with Gasteiger partial charge < -0.3 is 14.5 Å². The molecule has 0 aromatic carbocycles. The topological polar surface area (TPSA) is 120 Å². The minimum Gasteiger partial charge on any atom is -0.460 e. The average Bonchev–Trinajstić information content (AvgIpc) is 3.06. The number of hydrogen-bond donors (Lipinski definition) is 1. The van der Waals surface area contributed by atoms with Gasteiger partial charge in [-0.1, -0.05) is 0 Å². The Hall–Kier alpha value is -2.97. The first-order valence-corrected chi connectivity index (χ1v) is 8.45. The molecule has 0 saturated heterocycles. The Labute approximate surface area is 149 Å². The number of ether oxygens (including phenoxy) is 1. The molecule has 1 aliphatic carbocycles. The fourth-order valence-electron chi connectivity index (χ4n) is 3.02. The Bertz CT molecular complexity index is 791. The van der Waals surface area contributed by atoms with E-state index in [-0.39, 0.29) is 17.9 Å². The van der Waals surface area contributed by atoms with E-state index in [1.54, 1.807) is 0 Å². The van der Waals surface area contributed by atoms with E-state index in [1.165, 1.54) is 12.1 Å². The minimum atomic E-state index is -0.672. The number of carbonyl (C=O) groups excluding carboxylic acids is 1. The molecule has 2 aromatic heterocycles. The summed E-state index contributed by atoms with van der Waals surface area (Å²) in [5.41, 5.74) is 1.72. The summed E-state index contributed by atoms with van der Waals surface area (Å²) in [6, 6.07) is 4.73. The van der Waals surface area contributed by atoms with E-state index in [4.69, 9.17) is 9.15 Å². The van der Waals surface area contributed by atoms with E-state index in [9.17, 15) is 14.9 Å². The maximum absolute atomic E-state index is 12.1. The van der Waals surface area contributed by atoms with Crippen molar-refractivity contribution in [2.75, 3.05) is 0 Å². The summed E-state index contributed by atoms with van der Waals surface area (Å²) in [6.45, 7) is 3.79. The Morgan fingerprint density at radius 3 is 2.46 bits per heavy atom. The molecule has 0 atom stereocenters. The summed E-state index contributed by atoms with van der Waals surface area (Å²) in [6.07, 6.45) is 3.02. The van der Waals surface area contributed by atoms with Gasteiger partial charge in [-0.05, 0) is 51.7 Å². The first-order chi connectivity index (χ1) is 12.4. The molecule has 0 radical (unpaired) electrons. The lowest BCUT2D eigenvalue weighted by Gasteiger charge is -2.28. The van der Waals surface area contributed by atoms with Crippen LogP contribution in [-0.2, 0) is 0 Å². The molecule has 0 unspecified atom stereocenters.